The second-order valence-electron chi connectivity index (χ2n) is 5.73. The van der Waals surface area contributed by atoms with E-state index in [1.807, 2.05) is 36.4 Å². The van der Waals surface area contributed by atoms with Gasteiger partial charge in [-0.05, 0) is 53.3 Å². The van der Waals surface area contributed by atoms with Crippen LogP contribution in [0.4, 0.5) is 0 Å². The predicted molar refractivity (Wildman–Crippen MR) is 85.8 cm³/mol. The summed E-state index contributed by atoms with van der Waals surface area (Å²) in [6.07, 6.45) is 3.47. The van der Waals surface area contributed by atoms with Crippen molar-refractivity contribution in [3.8, 4) is 0 Å². The Morgan fingerprint density at radius 1 is 0.714 bits per heavy atom. The highest BCUT2D eigenvalue weighted by atomic mass is 16.1. The van der Waals surface area contributed by atoms with Crippen LogP contribution in [0.1, 0.15) is 33.5 Å². The van der Waals surface area contributed by atoms with Crippen LogP contribution in [0.3, 0.4) is 0 Å². The van der Waals surface area contributed by atoms with E-state index in [2.05, 4.69) is 24.3 Å². The van der Waals surface area contributed by atoms with Gasteiger partial charge in [-0.2, -0.15) is 0 Å². The van der Waals surface area contributed by atoms with Gasteiger partial charge in [0.1, 0.15) is 0 Å². The van der Waals surface area contributed by atoms with E-state index in [0.717, 1.165) is 29.4 Å². The van der Waals surface area contributed by atoms with Crippen LogP contribution < -0.4 is 0 Å². The van der Waals surface area contributed by atoms with E-state index in [0.29, 0.717) is 0 Å². The predicted octanol–water partition coefficient (Wildman–Crippen LogP) is 4.56. The summed E-state index contributed by atoms with van der Waals surface area (Å²) in [6, 6.07) is 20.3. The molecule has 3 aromatic rings. The molecule has 102 valence electrons. The van der Waals surface area contributed by atoms with Crippen LogP contribution in [0.25, 0.3) is 10.8 Å². The average Bonchev–Trinajstić information content (AvgIpc) is 3.01. The van der Waals surface area contributed by atoms with Crippen LogP contribution in [0.15, 0.2) is 60.7 Å². The first-order valence-electron chi connectivity index (χ1n) is 7.46. The van der Waals surface area contributed by atoms with Crippen LogP contribution in [-0.2, 0) is 12.8 Å². The lowest BCUT2D eigenvalue weighted by Crippen LogP contribution is -2.02. The molecular formula is C20H16O. The maximum Gasteiger partial charge on any atom is 0.193 e. The van der Waals surface area contributed by atoms with Gasteiger partial charge in [-0.1, -0.05) is 48.5 Å². The van der Waals surface area contributed by atoms with Crippen molar-refractivity contribution in [3.05, 3.63) is 82.9 Å². The zero-order valence-corrected chi connectivity index (χ0v) is 11.8. The highest BCUT2D eigenvalue weighted by Crippen LogP contribution is 2.24. The summed E-state index contributed by atoms with van der Waals surface area (Å²) in [5.41, 5.74) is 4.34. The van der Waals surface area contributed by atoms with Crippen LogP contribution in [0, 0.1) is 0 Å². The van der Waals surface area contributed by atoms with Crippen molar-refractivity contribution in [3.63, 3.8) is 0 Å². The first-order valence-corrected chi connectivity index (χ1v) is 7.46. The lowest BCUT2D eigenvalue weighted by Gasteiger charge is -2.06. The maximum atomic E-state index is 12.7. The van der Waals surface area contributed by atoms with Crippen molar-refractivity contribution in [2.45, 2.75) is 19.3 Å². The van der Waals surface area contributed by atoms with Gasteiger partial charge < -0.3 is 0 Å². The number of hydrogen-bond donors (Lipinski definition) is 0. The standard InChI is InChI=1S/C20H16O/c21-20(19-11-9-15-6-3-7-17(15)13-19)18-10-8-14-4-1-2-5-16(14)12-18/h1-2,4-5,8-13H,3,6-7H2. The molecule has 0 radical (unpaired) electrons. The van der Waals surface area contributed by atoms with Gasteiger partial charge in [-0.15, -0.1) is 0 Å². The molecule has 1 nitrogen and oxygen atoms in total. The van der Waals surface area contributed by atoms with E-state index in [-0.39, 0.29) is 5.78 Å². The number of fused-ring (bicyclic) bond motifs is 2. The molecule has 0 heterocycles. The third-order valence-corrected chi connectivity index (χ3v) is 4.37. The SMILES string of the molecule is O=C(c1ccc2c(c1)CCC2)c1ccc2ccccc2c1. The number of carbonyl (C=O) groups excluding carboxylic acids is 1. The van der Waals surface area contributed by atoms with E-state index in [4.69, 9.17) is 0 Å². The van der Waals surface area contributed by atoms with Crippen molar-refractivity contribution < 1.29 is 4.79 Å². The summed E-state index contributed by atoms with van der Waals surface area (Å²) in [5.74, 6) is 0.121. The fourth-order valence-corrected chi connectivity index (χ4v) is 3.21. The van der Waals surface area contributed by atoms with Crippen LogP contribution in [0.2, 0.25) is 0 Å². The zero-order valence-electron chi connectivity index (χ0n) is 11.8. The van der Waals surface area contributed by atoms with E-state index < -0.39 is 0 Å². The molecule has 0 atom stereocenters. The topological polar surface area (TPSA) is 17.1 Å². The molecule has 0 aromatic heterocycles. The summed E-state index contributed by atoms with van der Waals surface area (Å²) >= 11 is 0. The number of hydrogen-bond acceptors (Lipinski definition) is 1. The van der Waals surface area contributed by atoms with Crippen LogP contribution in [0.5, 0.6) is 0 Å². The number of ketones is 1. The third kappa shape index (κ3) is 2.15. The molecule has 0 fully saturated rings. The summed E-state index contributed by atoms with van der Waals surface area (Å²) in [5, 5.41) is 2.28. The Bertz CT molecular complexity index is 845. The van der Waals surface area contributed by atoms with Crippen molar-refractivity contribution in [1.29, 1.82) is 0 Å². The molecule has 1 aliphatic rings. The minimum Gasteiger partial charge on any atom is -0.289 e. The quantitative estimate of drug-likeness (QED) is 0.625. The van der Waals surface area contributed by atoms with Gasteiger partial charge in [0.05, 0.1) is 0 Å². The molecule has 21 heavy (non-hydrogen) atoms. The van der Waals surface area contributed by atoms with Gasteiger partial charge in [-0.25, -0.2) is 0 Å². The molecule has 0 amide bonds. The Balaban J connectivity index is 1.75. The number of rotatable bonds is 2. The van der Waals surface area contributed by atoms with Crippen molar-refractivity contribution >= 4 is 16.6 Å². The molecule has 0 N–H and O–H groups in total. The number of aryl methyl sites for hydroxylation is 2. The minimum absolute atomic E-state index is 0.121. The monoisotopic (exact) mass is 272 g/mol. The summed E-state index contributed by atoms with van der Waals surface area (Å²) < 4.78 is 0. The molecule has 1 heteroatoms. The van der Waals surface area contributed by atoms with Gasteiger partial charge in [0, 0.05) is 11.1 Å². The number of carbonyl (C=O) groups is 1. The Hall–Kier alpha value is -2.41. The first-order chi connectivity index (χ1) is 10.3. The second kappa shape index (κ2) is 4.85. The molecule has 0 bridgehead atoms. The molecule has 0 saturated carbocycles. The number of benzene rings is 3. The fraction of sp³-hybridized carbons (Fsp3) is 0.150. The van der Waals surface area contributed by atoms with E-state index in [9.17, 15) is 4.79 Å². The van der Waals surface area contributed by atoms with Gasteiger partial charge >= 0.3 is 0 Å². The Kier molecular flexibility index (Phi) is 2.85. The highest BCUT2D eigenvalue weighted by Gasteiger charge is 2.15. The van der Waals surface area contributed by atoms with Crippen LogP contribution in [-0.4, -0.2) is 5.78 Å². The fourth-order valence-electron chi connectivity index (χ4n) is 3.21. The Morgan fingerprint density at radius 2 is 1.43 bits per heavy atom. The molecule has 0 aliphatic heterocycles. The Morgan fingerprint density at radius 3 is 2.33 bits per heavy atom. The molecule has 1 aliphatic carbocycles. The van der Waals surface area contributed by atoms with Crippen molar-refractivity contribution in [2.24, 2.45) is 0 Å². The lowest BCUT2D eigenvalue weighted by atomic mass is 9.97. The van der Waals surface area contributed by atoms with Gasteiger partial charge in [0.15, 0.2) is 5.78 Å². The van der Waals surface area contributed by atoms with Crippen molar-refractivity contribution in [2.75, 3.05) is 0 Å². The summed E-state index contributed by atoms with van der Waals surface area (Å²) in [6.45, 7) is 0. The third-order valence-electron chi connectivity index (χ3n) is 4.37. The second-order valence-corrected chi connectivity index (χ2v) is 5.73. The minimum atomic E-state index is 0.121. The lowest BCUT2D eigenvalue weighted by molar-refractivity contribution is 0.103. The van der Waals surface area contributed by atoms with Gasteiger partial charge in [-0.3, -0.25) is 4.79 Å². The average molecular weight is 272 g/mol. The van der Waals surface area contributed by atoms with E-state index in [1.165, 1.54) is 22.9 Å². The van der Waals surface area contributed by atoms with E-state index >= 15 is 0 Å². The smallest absolute Gasteiger partial charge is 0.193 e. The normalized spacial score (nSPS) is 13.3. The summed E-state index contributed by atoms with van der Waals surface area (Å²) in [7, 11) is 0. The maximum absolute atomic E-state index is 12.7. The highest BCUT2D eigenvalue weighted by molar-refractivity contribution is 6.10. The molecule has 0 saturated heterocycles. The first kappa shape index (κ1) is 12.3. The molecule has 3 aromatic carbocycles. The zero-order chi connectivity index (χ0) is 14.2. The molecule has 0 spiro atoms. The largest absolute Gasteiger partial charge is 0.289 e. The van der Waals surface area contributed by atoms with Crippen LogP contribution >= 0.6 is 0 Å². The molecular weight excluding hydrogens is 256 g/mol. The summed E-state index contributed by atoms with van der Waals surface area (Å²) in [4.78, 5) is 12.7. The Labute approximate surface area is 124 Å². The molecule has 0 unspecified atom stereocenters. The van der Waals surface area contributed by atoms with E-state index in [1.54, 1.807) is 0 Å². The molecule has 4 rings (SSSR count). The van der Waals surface area contributed by atoms with Gasteiger partial charge in [0.2, 0.25) is 0 Å². The van der Waals surface area contributed by atoms with Crippen molar-refractivity contribution in [1.82, 2.24) is 0 Å². The van der Waals surface area contributed by atoms with Gasteiger partial charge in [0.25, 0.3) is 0 Å².